The molecule has 0 spiro atoms. The third kappa shape index (κ3) is 2.73. The van der Waals surface area contributed by atoms with Crippen LogP contribution in [-0.2, 0) is 6.42 Å². The monoisotopic (exact) mass is 224 g/mol. The molecule has 2 atom stereocenters. The summed E-state index contributed by atoms with van der Waals surface area (Å²) in [6.45, 7) is 2.25. The van der Waals surface area contributed by atoms with E-state index in [4.69, 9.17) is 11.6 Å². The van der Waals surface area contributed by atoms with Gasteiger partial charge in [-0.05, 0) is 48.8 Å². The van der Waals surface area contributed by atoms with Crippen molar-refractivity contribution in [2.45, 2.75) is 38.7 Å². The lowest BCUT2D eigenvalue weighted by atomic mass is 9.82. The van der Waals surface area contributed by atoms with Gasteiger partial charge in [-0.3, -0.25) is 0 Å². The van der Waals surface area contributed by atoms with Crippen LogP contribution in [0, 0.1) is 5.41 Å². The molecule has 15 heavy (non-hydrogen) atoms. The van der Waals surface area contributed by atoms with Crippen LogP contribution in [0.25, 0.3) is 0 Å². The van der Waals surface area contributed by atoms with Crippen molar-refractivity contribution in [2.75, 3.05) is 0 Å². The van der Waals surface area contributed by atoms with Crippen LogP contribution in [0.1, 0.15) is 31.7 Å². The Morgan fingerprint density at radius 1 is 1.53 bits per heavy atom. The second-order valence-electron chi connectivity index (χ2n) is 5.01. The van der Waals surface area contributed by atoms with Gasteiger partial charge in [-0.25, -0.2) is 0 Å². The Balaban J connectivity index is 2.08. The van der Waals surface area contributed by atoms with Crippen LogP contribution >= 0.6 is 11.6 Å². The Morgan fingerprint density at radius 2 is 2.33 bits per heavy atom. The number of benzene rings is 1. The van der Waals surface area contributed by atoms with Crippen LogP contribution in [-0.4, -0.2) is 11.2 Å². The standard InChI is InChI=1S/C13H17ClO/c1-13(6-5-12(15)9-13)8-10-3-2-4-11(14)7-10/h2-4,7,12,15H,5-6,8-9H2,1H3. The van der Waals surface area contributed by atoms with Gasteiger partial charge in [0.25, 0.3) is 0 Å². The van der Waals surface area contributed by atoms with Gasteiger partial charge < -0.3 is 5.11 Å². The minimum Gasteiger partial charge on any atom is -0.393 e. The molecule has 1 aliphatic carbocycles. The number of hydrogen-bond acceptors (Lipinski definition) is 1. The second-order valence-corrected chi connectivity index (χ2v) is 5.45. The van der Waals surface area contributed by atoms with Crippen molar-refractivity contribution >= 4 is 11.6 Å². The number of aliphatic hydroxyl groups is 1. The van der Waals surface area contributed by atoms with Gasteiger partial charge in [0.1, 0.15) is 0 Å². The predicted octanol–water partition coefficient (Wildman–Crippen LogP) is 3.43. The highest BCUT2D eigenvalue weighted by atomic mass is 35.5. The van der Waals surface area contributed by atoms with Gasteiger partial charge in [0.15, 0.2) is 0 Å². The summed E-state index contributed by atoms with van der Waals surface area (Å²) in [6, 6.07) is 8.03. The minimum absolute atomic E-state index is 0.103. The molecule has 1 nitrogen and oxygen atoms in total. The van der Waals surface area contributed by atoms with E-state index >= 15 is 0 Å². The van der Waals surface area contributed by atoms with E-state index in [2.05, 4.69) is 13.0 Å². The largest absolute Gasteiger partial charge is 0.393 e. The van der Waals surface area contributed by atoms with Crippen molar-refractivity contribution in [1.29, 1.82) is 0 Å². The second kappa shape index (κ2) is 4.15. The highest BCUT2D eigenvalue weighted by Gasteiger charge is 2.34. The lowest BCUT2D eigenvalue weighted by molar-refractivity contribution is 0.163. The molecule has 1 saturated carbocycles. The van der Waals surface area contributed by atoms with Crippen molar-refractivity contribution in [3.05, 3.63) is 34.9 Å². The minimum atomic E-state index is -0.103. The number of rotatable bonds is 2. The zero-order valence-corrected chi connectivity index (χ0v) is 9.80. The lowest BCUT2D eigenvalue weighted by Gasteiger charge is -2.23. The molecule has 1 aromatic carbocycles. The topological polar surface area (TPSA) is 20.2 Å². The third-order valence-electron chi connectivity index (χ3n) is 3.33. The van der Waals surface area contributed by atoms with E-state index in [0.717, 1.165) is 30.7 Å². The van der Waals surface area contributed by atoms with Crippen molar-refractivity contribution < 1.29 is 5.11 Å². The predicted molar refractivity (Wildman–Crippen MR) is 63.1 cm³/mol. The van der Waals surface area contributed by atoms with E-state index in [0.29, 0.717) is 0 Å². The summed E-state index contributed by atoms with van der Waals surface area (Å²) in [5.41, 5.74) is 1.53. The van der Waals surface area contributed by atoms with Gasteiger partial charge >= 0.3 is 0 Å². The maximum atomic E-state index is 9.57. The Kier molecular flexibility index (Phi) is 3.03. The van der Waals surface area contributed by atoms with E-state index in [9.17, 15) is 5.11 Å². The molecule has 1 aliphatic rings. The Labute approximate surface area is 96.1 Å². The Hall–Kier alpha value is -0.530. The highest BCUT2D eigenvalue weighted by molar-refractivity contribution is 6.30. The van der Waals surface area contributed by atoms with Crippen LogP contribution in [0.2, 0.25) is 5.02 Å². The third-order valence-corrected chi connectivity index (χ3v) is 3.56. The summed E-state index contributed by atoms with van der Waals surface area (Å²) in [5, 5.41) is 10.4. The summed E-state index contributed by atoms with van der Waals surface area (Å²) in [4.78, 5) is 0. The molecular formula is C13H17ClO. The molecule has 1 fully saturated rings. The summed E-state index contributed by atoms with van der Waals surface area (Å²) in [5.74, 6) is 0. The smallest absolute Gasteiger partial charge is 0.0545 e. The summed E-state index contributed by atoms with van der Waals surface area (Å²) >= 11 is 5.95. The Bertz CT molecular complexity index is 350. The molecule has 0 aromatic heterocycles. The van der Waals surface area contributed by atoms with Gasteiger partial charge in [-0.2, -0.15) is 0 Å². The molecule has 0 aliphatic heterocycles. The first-order chi connectivity index (χ1) is 7.07. The maximum absolute atomic E-state index is 9.57. The van der Waals surface area contributed by atoms with Crippen LogP contribution < -0.4 is 0 Å². The number of aliphatic hydroxyl groups excluding tert-OH is 1. The highest BCUT2D eigenvalue weighted by Crippen LogP contribution is 2.40. The molecule has 0 bridgehead atoms. The SMILES string of the molecule is CC1(Cc2cccc(Cl)c2)CCC(O)C1. The molecule has 0 amide bonds. The van der Waals surface area contributed by atoms with E-state index in [1.807, 2.05) is 18.2 Å². The molecule has 0 saturated heterocycles. The van der Waals surface area contributed by atoms with Gasteiger partial charge in [0.05, 0.1) is 6.10 Å². The average Bonchev–Trinajstić information content (AvgIpc) is 2.45. The quantitative estimate of drug-likeness (QED) is 0.816. The zero-order valence-electron chi connectivity index (χ0n) is 9.04. The van der Waals surface area contributed by atoms with Crippen LogP contribution in [0.5, 0.6) is 0 Å². The van der Waals surface area contributed by atoms with Gasteiger partial charge in [0.2, 0.25) is 0 Å². The molecule has 82 valence electrons. The summed E-state index contributed by atoms with van der Waals surface area (Å²) < 4.78 is 0. The van der Waals surface area contributed by atoms with Crippen LogP contribution in [0.4, 0.5) is 0 Å². The molecule has 2 rings (SSSR count). The first kappa shape index (κ1) is 11.0. The van der Waals surface area contributed by atoms with Crippen molar-refractivity contribution in [2.24, 2.45) is 5.41 Å². The first-order valence-corrected chi connectivity index (χ1v) is 5.88. The van der Waals surface area contributed by atoms with E-state index in [-0.39, 0.29) is 11.5 Å². The summed E-state index contributed by atoms with van der Waals surface area (Å²) in [6.07, 6.45) is 3.89. The van der Waals surface area contributed by atoms with Crippen molar-refractivity contribution in [1.82, 2.24) is 0 Å². The van der Waals surface area contributed by atoms with E-state index in [1.54, 1.807) is 0 Å². The fourth-order valence-electron chi connectivity index (χ4n) is 2.59. The normalized spacial score (nSPS) is 30.7. The molecule has 0 heterocycles. The zero-order chi connectivity index (χ0) is 10.9. The first-order valence-electron chi connectivity index (χ1n) is 5.50. The number of hydrogen-bond donors (Lipinski definition) is 1. The molecule has 2 heteroatoms. The fraction of sp³-hybridized carbons (Fsp3) is 0.538. The Morgan fingerprint density at radius 3 is 2.93 bits per heavy atom. The van der Waals surface area contributed by atoms with Crippen LogP contribution in [0.3, 0.4) is 0 Å². The maximum Gasteiger partial charge on any atom is 0.0545 e. The molecule has 2 unspecified atom stereocenters. The lowest BCUT2D eigenvalue weighted by Crippen LogP contribution is -2.16. The average molecular weight is 225 g/mol. The van der Waals surface area contributed by atoms with E-state index < -0.39 is 0 Å². The van der Waals surface area contributed by atoms with Gasteiger partial charge in [0, 0.05) is 5.02 Å². The van der Waals surface area contributed by atoms with Gasteiger partial charge in [-0.1, -0.05) is 30.7 Å². The number of halogens is 1. The van der Waals surface area contributed by atoms with Crippen molar-refractivity contribution in [3.63, 3.8) is 0 Å². The van der Waals surface area contributed by atoms with Gasteiger partial charge in [-0.15, -0.1) is 0 Å². The van der Waals surface area contributed by atoms with E-state index in [1.165, 1.54) is 5.56 Å². The summed E-state index contributed by atoms with van der Waals surface area (Å²) in [7, 11) is 0. The molecule has 1 aromatic rings. The molecule has 1 N–H and O–H groups in total. The van der Waals surface area contributed by atoms with Crippen molar-refractivity contribution in [3.8, 4) is 0 Å². The molecule has 0 radical (unpaired) electrons. The molecular weight excluding hydrogens is 208 g/mol. The fourth-order valence-corrected chi connectivity index (χ4v) is 2.80. The van der Waals surface area contributed by atoms with Crippen LogP contribution in [0.15, 0.2) is 24.3 Å².